The molecular weight excluding hydrogens is 361 g/mol. The summed E-state index contributed by atoms with van der Waals surface area (Å²) in [5.41, 5.74) is 3.02. The van der Waals surface area contributed by atoms with Crippen molar-refractivity contribution < 1.29 is 0 Å². The predicted molar refractivity (Wildman–Crippen MR) is 101 cm³/mol. The molecule has 1 aromatic heterocycles. The standard InChI is InChI=1S/C18H11Cl2N3S/c19-14-6-15(20)8-16(7-14)22-10-13(9-21)18-23-17(11-24-18)12-4-2-1-3-5-12/h1-8,10-11,22H. The van der Waals surface area contributed by atoms with Crippen LogP contribution in [0.25, 0.3) is 16.8 Å². The molecule has 3 nitrogen and oxygen atoms in total. The monoisotopic (exact) mass is 371 g/mol. The van der Waals surface area contributed by atoms with Crippen molar-refractivity contribution >= 4 is 45.8 Å². The van der Waals surface area contributed by atoms with Crippen molar-refractivity contribution in [2.45, 2.75) is 0 Å². The molecule has 24 heavy (non-hydrogen) atoms. The number of thiazole rings is 1. The van der Waals surface area contributed by atoms with Crippen molar-refractivity contribution in [1.29, 1.82) is 5.26 Å². The average Bonchev–Trinajstić information content (AvgIpc) is 3.05. The van der Waals surface area contributed by atoms with Gasteiger partial charge < -0.3 is 5.32 Å². The number of nitrogens with zero attached hydrogens (tertiary/aromatic N) is 2. The summed E-state index contributed by atoms with van der Waals surface area (Å²) < 4.78 is 0. The molecule has 0 spiro atoms. The lowest BCUT2D eigenvalue weighted by molar-refractivity contribution is 1.36. The smallest absolute Gasteiger partial charge is 0.136 e. The fourth-order valence-electron chi connectivity index (χ4n) is 2.07. The quantitative estimate of drug-likeness (QED) is 0.564. The molecule has 0 atom stereocenters. The van der Waals surface area contributed by atoms with E-state index in [-0.39, 0.29) is 0 Å². The topological polar surface area (TPSA) is 48.7 Å². The van der Waals surface area contributed by atoms with Gasteiger partial charge in [-0.15, -0.1) is 11.3 Å². The van der Waals surface area contributed by atoms with E-state index in [9.17, 15) is 5.26 Å². The molecule has 0 saturated heterocycles. The molecular formula is C18H11Cl2N3S. The molecule has 118 valence electrons. The molecule has 1 heterocycles. The number of aromatic nitrogens is 1. The van der Waals surface area contributed by atoms with Gasteiger partial charge in [-0.05, 0) is 18.2 Å². The Morgan fingerprint density at radius 2 is 1.83 bits per heavy atom. The highest BCUT2D eigenvalue weighted by Crippen LogP contribution is 2.27. The lowest BCUT2D eigenvalue weighted by Gasteiger charge is -2.03. The minimum absolute atomic E-state index is 0.443. The molecule has 0 aliphatic heterocycles. The summed E-state index contributed by atoms with van der Waals surface area (Å²) in [6.07, 6.45) is 1.61. The van der Waals surface area contributed by atoms with Gasteiger partial charge in [-0.1, -0.05) is 53.5 Å². The van der Waals surface area contributed by atoms with E-state index < -0.39 is 0 Å². The number of nitriles is 1. The number of halogens is 2. The molecule has 0 saturated carbocycles. The van der Waals surface area contributed by atoms with E-state index in [1.54, 1.807) is 24.4 Å². The summed E-state index contributed by atoms with van der Waals surface area (Å²) >= 11 is 13.4. The first-order valence-electron chi connectivity index (χ1n) is 7.00. The summed E-state index contributed by atoms with van der Waals surface area (Å²) in [4.78, 5) is 4.53. The average molecular weight is 372 g/mol. The largest absolute Gasteiger partial charge is 0.360 e. The summed E-state index contributed by atoms with van der Waals surface area (Å²) in [6, 6.07) is 17.1. The molecule has 0 aliphatic carbocycles. The van der Waals surface area contributed by atoms with Crippen LogP contribution in [0, 0.1) is 11.3 Å². The van der Waals surface area contributed by atoms with Crippen LogP contribution in [-0.2, 0) is 0 Å². The van der Waals surface area contributed by atoms with Crippen molar-refractivity contribution in [3.05, 3.63) is 75.2 Å². The molecule has 0 bridgehead atoms. The maximum absolute atomic E-state index is 9.40. The third-order valence-electron chi connectivity index (χ3n) is 3.17. The van der Waals surface area contributed by atoms with Gasteiger partial charge in [0, 0.05) is 32.9 Å². The lowest BCUT2D eigenvalue weighted by atomic mass is 10.2. The van der Waals surface area contributed by atoms with E-state index in [0.717, 1.165) is 11.3 Å². The van der Waals surface area contributed by atoms with Crippen LogP contribution in [0.15, 0.2) is 60.1 Å². The Bertz CT molecular complexity index is 907. The van der Waals surface area contributed by atoms with Crippen molar-refractivity contribution in [3.63, 3.8) is 0 Å². The molecule has 0 amide bonds. The zero-order chi connectivity index (χ0) is 16.9. The second-order valence-corrected chi connectivity index (χ2v) is 6.61. The number of nitrogens with one attached hydrogen (secondary N) is 1. The number of anilines is 1. The van der Waals surface area contributed by atoms with Crippen LogP contribution in [0.5, 0.6) is 0 Å². The number of hydrogen-bond acceptors (Lipinski definition) is 4. The number of benzene rings is 2. The molecule has 1 N–H and O–H groups in total. The van der Waals surface area contributed by atoms with Crippen LogP contribution in [0.2, 0.25) is 10.0 Å². The van der Waals surface area contributed by atoms with Crippen LogP contribution in [-0.4, -0.2) is 4.98 Å². The van der Waals surface area contributed by atoms with Gasteiger partial charge in [0.15, 0.2) is 0 Å². The van der Waals surface area contributed by atoms with Crippen LogP contribution in [0.4, 0.5) is 5.69 Å². The van der Waals surface area contributed by atoms with E-state index >= 15 is 0 Å². The Morgan fingerprint density at radius 3 is 2.50 bits per heavy atom. The van der Waals surface area contributed by atoms with Crippen LogP contribution >= 0.6 is 34.5 Å². The molecule has 0 unspecified atom stereocenters. The minimum atomic E-state index is 0.443. The van der Waals surface area contributed by atoms with Gasteiger partial charge >= 0.3 is 0 Å². The van der Waals surface area contributed by atoms with E-state index in [0.29, 0.717) is 26.3 Å². The van der Waals surface area contributed by atoms with Gasteiger partial charge in [0.05, 0.1) is 5.69 Å². The molecule has 0 aliphatic rings. The Balaban J connectivity index is 1.84. The summed E-state index contributed by atoms with van der Waals surface area (Å²) in [7, 11) is 0. The summed E-state index contributed by atoms with van der Waals surface area (Å²) in [5, 5.41) is 16.1. The summed E-state index contributed by atoms with van der Waals surface area (Å²) in [6.45, 7) is 0. The van der Waals surface area contributed by atoms with Crippen molar-refractivity contribution in [2.75, 3.05) is 5.32 Å². The fraction of sp³-hybridized carbons (Fsp3) is 0. The Morgan fingerprint density at radius 1 is 1.12 bits per heavy atom. The van der Waals surface area contributed by atoms with Gasteiger partial charge in [0.1, 0.15) is 16.6 Å². The number of hydrogen-bond donors (Lipinski definition) is 1. The van der Waals surface area contributed by atoms with Crippen LogP contribution < -0.4 is 5.32 Å². The third-order valence-corrected chi connectivity index (χ3v) is 4.48. The Hall–Kier alpha value is -2.32. The zero-order valence-corrected chi connectivity index (χ0v) is 14.7. The molecule has 0 radical (unpaired) electrons. The summed E-state index contributed by atoms with van der Waals surface area (Å²) in [5.74, 6) is 0. The van der Waals surface area contributed by atoms with Gasteiger partial charge in [0.2, 0.25) is 0 Å². The van der Waals surface area contributed by atoms with E-state index in [2.05, 4.69) is 16.4 Å². The molecule has 0 fully saturated rings. The molecule has 3 rings (SSSR count). The van der Waals surface area contributed by atoms with Crippen molar-refractivity contribution in [2.24, 2.45) is 0 Å². The van der Waals surface area contributed by atoms with Gasteiger partial charge in [-0.25, -0.2) is 4.98 Å². The SMILES string of the molecule is N#CC(=CNc1cc(Cl)cc(Cl)c1)c1nc(-c2ccccc2)cs1. The first kappa shape index (κ1) is 16.5. The van der Waals surface area contributed by atoms with Crippen molar-refractivity contribution in [1.82, 2.24) is 4.98 Å². The number of rotatable bonds is 4. The first-order valence-corrected chi connectivity index (χ1v) is 8.63. The first-order chi connectivity index (χ1) is 11.7. The second-order valence-electron chi connectivity index (χ2n) is 4.88. The van der Waals surface area contributed by atoms with Crippen molar-refractivity contribution in [3.8, 4) is 17.3 Å². The Labute approximate surface area is 153 Å². The Kier molecular flexibility index (Phi) is 5.17. The second kappa shape index (κ2) is 7.50. The minimum Gasteiger partial charge on any atom is -0.360 e. The highest BCUT2D eigenvalue weighted by atomic mass is 35.5. The van der Waals surface area contributed by atoms with Crippen LogP contribution in [0.3, 0.4) is 0 Å². The molecule has 3 aromatic rings. The van der Waals surface area contributed by atoms with Gasteiger partial charge in [-0.3, -0.25) is 0 Å². The third kappa shape index (κ3) is 3.95. The highest BCUT2D eigenvalue weighted by molar-refractivity contribution is 7.11. The van der Waals surface area contributed by atoms with Crippen LogP contribution in [0.1, 0.15) is 5.01 Å². The highest BCUT2D eigenvalue weighted by Gasteiger charge is 2.09. The maximum atomic E-state index is 9.40. The number of allylic oxidation sites excluding steroid dienone is 1. The zero-order valence-electron chi connectivity index (χ0n) is 12.3. The molecule has 2 aromatic carbocycles. The van der Waals surface area contributed by atoms with E-state index in [1.165, 1.54) is 11.3 Å². The van der Waals surface area contributed by atoms with E-state index in [4.69, 9.17) is 23.2 Å². The fourth-order valence-corrected chi connectivity index (χ4v) is 3.39. The lowest BCUT2D eigenvalue weighted by Crippen LogP contribution is -1.91. The maximum Gasteiger partial charge on any atom is 0.136 e. The van der Waals surface area contributed by atoms with Gasteiger partial charge in [0.25, 0.3) is 0 Å². The predicted octanol–water partition coefficient (Wildman–Crippen LogP) is 6.09. The normalized spacial score (nSPS) is 11.1. The van der Waals surface area contributed by atoms with Gasteiger partial charge in [-0.2, -0.15) is 5.26 Å². The van der Waals surface area contributed by atoms with E-state index in [1.807, 2.05) is 35.7 Å². The molecule has 6 heteroatoms.